The van der Waals surface area contributed by atoms with Crippen LogP contribution in [0.1, 0.15) is 25.7 Å². The van der Waals surface area contributed by atoms with Crippen LogP contribution in [-0.2, 0) is 0 Å². The number of nitrogen functional groups attached to an aromatic ring is 2. The van der Waals surface area contributed by atoms with Crippen molar-refractivity contribution in [3.63, 3.8) is 0 Å². The number of hydrogen-bond acceptors (Lipinski definition) is 5. The average molecular weight is 207 g/mol. The first-order valence-corrected chi connectivity index (χ1v) is 5.41. The molecule has 2 rings (SSSR count). The summed E-state index contributed by atoms with van der Waals surface area (Å²) >= 11 is 0. The largest absolute Gasteiger partial charge is 0.383 e. The standard InChI is InChI=1S/C10H17N5/c11-8-7-9(14-10(12)13-8)15-5-3-1-2-4-6-15/h7H,1-6H2,(H4,11,12,13,14). The van der Waals surface area contributed by atoms with Gasteiger partial charge in [0.05, 0.1) is 0 Å². The molecule has 1 aliphatic heterocycles. The second-order valence-electron chi connectivity index (χ2n) is 3.91. The normalized spacial score (nSPS) is 17.5. The molecule has 0 radical (unpaired) electrons. The van der Waals surface area contributed by atoms with Gasteiger partial charge in [-0.25, -0.2) is 0 Å². The van der Waals surface area contributed by atoms with E-state index in [0.717, 1.165) is 18.9 Å². The van der Waals surface area contributed by atoms with Crippen LogP contribution in [0.15, 0.2) is 6.07 Å². The second-order valence-corrected chi connectivity index (χ2v) is 3.91. The third-order valence-corrected chi connectivity index (χ3v) is 2.68. The highest BCUT2D eigenvalue weighted by Crippen LogP contribution is 2.19. The summed E-state index contributed by atoms with van der Waals surface area (Å²) in [5, 5.41) is 0. The van der Waals surface area contributed by atoms with Crippen molar-refractivity contribution in [2.24, 2.45) is 0 Å². The summed E-state index contributed by atoms with van der Waals surface area (Å²) in [6.07, 6.45) is 5.02. The molecule has 82 valence electrons. The minimum atomic E-state index is 0.259. The van der Waals surface area contributed by atoms with Crippen LogP contribution in [0.5, 0.6) is 0 Å². The minimum Gasteiger partial charge on any atom is -0.383 e. The first-order valence-electron chi connectivity index (χ1n) is 5.41. The zero-order valence-corrected chi connectivity index (χ0v) is 8.82. The smallest absolute Gasteiger partial charge is 0.223 e. The highest BCUT2D eigenvalue weighted by Gasteiger charge is 2.12. The van der Waals surface area contributed by atoms with Gasteiger partial charge in [-0.15, -0.1) is 0 Å². The van der Waals surface area contributed by atoms with E-state index in [9.17, 15) is 0 Å². The molecular weight excluding hydrogens is 190 g/mol. The Morgan fingerprint density at radius 2 is 1.67 bits per heavy atom. The Kier molecular flexibility index (Phi) is 2.89. The Labute approximate surface area is 89.5 Å². The number of aromatic nitrogens is 2. The molecule has 5 heteroatoms. The van der Waals surface area contributed by atoms with E-state index in [4.69, 9.17) is 11.5 Å². The van der Waals surface area contributed by atoms with E-state index in [1.165, 1.54) is 25.7 Å². The molecule has 1 aromatic rings. The molecule has 1 aromatic heterocycles. The fourth-order valence-corrected chi connectivity index (χ4v) is 1.93. The second kappa shape index (κ2) is 4.33. The fourth-order valence-electron chi connectivity index (χ4n) is 1.93. The molecule has 0 amide bonds. The highest BCUT2D eigenvalue weighted by atomic mass is 15.2. The van der Waals surface area contributed by atoms with Crippen molar-refractivity contribution < 1.29 is 0 Å². The Balaban J connectivity index is 2.19. The molecule has 15 heavy (non-hydrogen) atoms. The van der Waals surface area contributed by atoms with Crippen molar-refractivity contribution in [2.75, 3.05) is 29.5 Å². The first kappa shape index (κ1) is 10.0. The summed E-state index contributed by atoms with van der Waals surface area (Å²) in [6.45, 7) is 2.08. The van der Waals surface area contributed by atoms with Crippen LogP contribution in [0.4, 0.5) is 17.6 Å². The van der Waals surface area contributed by atoms with Gasteiger partial charge in [-0.05, 0) is 12.8 Å². The lowest BCUT2D eigenvalue weighted by Gasteiger charge is -2.21. The van der Waals surface area contributed by atoms with E-state index in [-0.39, 0.29) is 5.95 Å². The molecule has 0 aliphatic carbocycles. The van der Waals surface area contributed by atoms with Crippen LogP contribution in [0, 0.1) is 0 Å². The Hall–Kier alpha value is -1.52. The molecule has 5 nitrogen and oxygen atoms in total. The predicted molar refractivity (Wildman–Crippen MR) is 61.5 cm³/mol. The van der Waals surface area contributed by atoms with Crippen LogP contribution >= 0.6 is 0 Å². The van der Waals surface area contributed by atoms with Gasteiger partial charge in [0.25, 0.3) is 0 Å². The monoisotopic (exact) mass is 207 g/mol. The van der Waals surface area contributed by atoms with Gasteiger partial charge in [-0.1, -0.05) is 12.8 Å². The Morgan fingerprint density at radius 3 is 2.27 bits per heavy atom. The molecular formula is C10H17N5. The maximum atomic E-state index is 5.65. The number of anilines is 3. The number of nitrogens with zero attached hydrogens (tertiary/aromatic N) is 3. The molecule has 0 saturated carbocycles. The van der Waals surface area contributed by atoms with E-state index >= 15 is 0 Å². The van der Waals surface area contributed by atoms with Crippen molar-refractivity contribution in [3.8, 4) is 0 Å². The van der Waals surface area contributed by atoms with Crippen molar-refractivity contribution in [3.05, 3.63) is 6.07 Å². The van der Waals surface area contributed by atoms with Crippen LogP contribution < -0.4 is 16.4 Å². The van der Waals surface area contributed by atoms with Crippen LogP contribution in [-0.4, -0.2) is 23.1 Å². The zero-order valence-electron chi connectivity index (χ0n) is 8.82. The summed E-state index contributed by atoms with van der Waals surface area (Å²) in [4.78, 5) is 10.3. The van der Waals surface area contributed by atoms with E-state index in [1.54, 1.807) is 6.07 Å². The molecule has 4 N–H and O–H groups in total. The molecule has 0 aromatic carbocycles. The van der Waals surface area contributed by atoms with Gasteiger partial charge < -0.3 is 16.4 Å². The van der Waals surface area contributed by atoms with Crippen molar-refractivity contribution in [1.82, 2.24) is 9.97 Å². The fraction of sp³-hybridized carbons (Fsp3) is 0.600. The zero-order chi connectivity index (χ0) is 10.7. The molecule has 0 atom stereocenters. The minimum absolute atomic E-state index is 0.259. The molecule has 0 spiro atoms. The highest BCUT2D eigenvalue weighted by molar-refractivity contribution is 5.50. The Bertz CT molecular complexity index is 310. The van der Waals surface area contributed by atoms with Crippen LogP contribution in [0.3, 0.4) is 0 Å². The SMILES string of the molecule is Nc1cc(N2CCCCCC2)nc(N)n1. The number of nitrogens with two attached hydrogens (primary N) is 2. The summed E-state index contributed by atoms with van der Waals surface area (Å²) in [5.74, 6) is 1.57. The summed E-state index contributed by atoms with van der Waals surface area (Å²) in [7, 11) is 0. The lowest BCUT2D eigenvalue weighted by molar-refractivity contribution is 0.726. The molecule has 2 heterocycles. The molecule has 0 unspecified atom stereocenters. The van der Waals surface area contributed by atoms with Crippen molar-refractivity contribution >= 4 is 17.6 Å². The lowest BCUT2D eigenvalue weighted by Crippen LogP contribution is -2.25. The van der Waals surface area contributed by atoms with Crippen molar-refractivity contribution in [1.29, 1.82) is 0 Å². The van der Waals surface area contributed by atoms with Crippen molar-refractivity contribution in [2.45, 2.75) is 25.7 Å². The van der Waals surface area contributed by atoms with Gasteiger partial charge in [-0.3, -0.25) is 0 Å². The lowest BCUT2D eigenvalue weighted by atomic mass is 10.2. The Morgan fingerprint density at radius 1 is 1.00 bits per heavy atom. The summed E-state index contributed by atoms with van der Waals surface area (Å²) in [5.41, 5.74) is 11.2. The molecule has 1 aliphatic rings. The molecule has 1 saturated heterocycles. The van der Waals surface area contributed by atoms with E-state index in [0.29, 0.717) is 5.82 Å². The quantitative estimate of drug-likeness (QED) is 0.718. The van der Waals surface area contributed by atoms with E-state index in [2.05, 4.69) is 14.9 Å². The summed E-state index contributed by atoms with van der Waals surface area (Å²) < 4.78 is 0. The van der Waals surface area contributed by atoms with Gasteiger partial charge in [0, 0.05) is 19.2 Å². The average Bonchev–Trinajstić information content (AvgIpc) is 2.43. The van der Waals surface area contributed by atoms with Gasteiger partial charge in [-0.2, -0.15) is 9.97 Å². The van der Waals surface area contributed by atoms with Gasteiger partial charge >= 0.3 is 0 Å². The number of rotatable bonds is 1. The van der Waals surface area contributed by atoms with Crippen LogP contribution in [0.2, 0.25) is 0 Å². The third-order valence-electron chi connectivity index (χ3n) is 2.68. The number of hydrogen-bond donors (Lipinski definition) is 2. The van der Waals surface area contributed by atoms with Gasteiger partial charge in [0.15, 0.2) is 0 Å². The maximum absolute atomic E-state index is 5.65. The maximum Gasteiger partial charge on any atom is 0.223 e. The predicted octanol–water partition coefficient (Wildman–Crippen LogP) is 1.02. The van der Waals surface area contributed by atoms with Gasteiger partial charge in [0.1, 0.15) is 11.6 Å². The van der Waals surface area contributed by atoms with E-state index < -0.39 is 0 Å². The van der Waals surface area contributed by atoms with E-state index in [1.807, 2.05) is 0 Å². The van der Waals surface area contributed by atoms with Crippen LogP contribution in [0.25, 0.3) is 0 Å². The third kappa shape index (κ3) is 2.49. The molecule has 0 bridgehead atoms. The summed E-state index contributed by atoms with van der Waals surface area (Å²) in [6, 6.07) is 1.79. The molecule has 1 fully saturated rings. The first-order chi connectivity index (χ1) is 7.25. The van der Waals surface area contributed by atoms with Gasteiger partial charge in [0.2, 0.25) is 5.95 Å². The topological polar surface area (TPSA) is 81.1 Å².